The van der Waals surface area contributed by atoms with Crippen molar-refractivity contribution in [2.45, 2.75) is 18.2 Å². The van der Waals surface area contributed by atoms with E-state index in [0.717, 1.165) is 12.2 Å². The van der Waals surface area contributed by atoms with Crippen LogP contribution in [0.4, 0.5) is 0 Å². The second kappa shape index (κ2) is 4.94. The molecule has 0 unspecified atom stereocenters. The Morgan fingerprint density at radius 2 is 1.53 bits per heavy atom. The summed E-state index contributed by atoms with van der Waals surface area (Å²) in [5.41, 5.74) is 0. The average Bonchev–Trinajstić information content (AvgIpc) is 2.82. The van der Waals surface area contributed by atoms with Crippen molar-refractivity contribution in [3.63, 3.8) is 0 Å². The Labute approximate surface area is 111 Å². The van der Waals surface area contributed by atoms with E-state index in [1.807, 2.05) is 0 Å². The van der Waals surface area contributed by atoms with Gasteiger partial charge in [-0.2, -0.15) is 0 Å². The van der Waals surface area contributed by atoms with E-state index in [2.05, 4.69) is 0 Å². The van der Waals surface area contributed by atoms with Crippen molar-refractivity contribution in [2.24, 2.45) is 0 Å². The molecule has 1 fully saturated rings. The SMILES string of the molecule is O=C1C=CC(=O)N1C(=O)[CH2][Co](=[O])[N]1C(=O)CCC1=O. The van der Waals surface area contributed by atoms with Crippen LogP contribution in [0.2, 0.25) is 5.36 Å². The summed E-state index contributed by atoms with van der Waals surface area (Å²) >= 11 is -2.57. The van der Waals surface area contributed by atoms with Gasteiger partial charge in [0.25, 0.3) is 0 Å². The molecular formula is C10H8CoN2O6. The Hall–Kier alpha value is -2.00. The number of rotatable bonds is 3. The van der Waals surface area contributed by atoms with Crippen LogP contribution in [0.15, 0.2) is 12.2 Å². The van der Waals surface area contributed by atoms with Gasteiger partial charge in [0.2, 0.25) is 0 Å². The summed E-state index contributed by atoms with van der Waals surface area (Å²) in [5, 5.41) is -0.733. The van der Waals surface area contributed by atoms with Crippen LogP contribution in [0.3, 0.4) is 0 Å². The van der Waals surface area contributed by atoms with E-state index in [9.17, 15) is 27.8 Å². The molecular weight excluding hydrogens is 303 g/mol. The van der Waals surface area contributed by atoms with E-state index in [1.54, 1.807) is 0 Å². The van der Waals surface area contributed by atoms with Crippen LogP contribution < -0.4 is 0 Å². The van der Waals surface area contributed by atoms with Gasteiger partial charge in [0.05, 0.1) is 0 Å². The molecule has 0 bridgehead atoms. The zero-order valence-electron chi connectivity index (χ0n) is 9.45. The zero-order valence-corrected chi connectivity index (χ0v) is 10.5. The zero-order chi connectivity index (χ0) is 14.2. The fourth-order valence-electron chi connectivity index (χ4n) is 1.56. The Morgan fingerprint density at radius 3 is 2.00 bits per heavy atom. The normalized spacial score (nSPS) is 19.7. The van der Waals surface area contributed by atoms with Crippen LogP contribution in [0.5, 0.6) is 0 Å². The molecule has 0 atom stereocenters. The number of imide groups is 4. The molecule has 0 aromatic heterocycles. The first kappa shape index (κ1) is 13.4. The topological polar surface area (TPSA) is 109 Å². The van der Waals surface area contributed by atoms with Crippen LogP contribution in [-0.4, -0.2) is 38.4 Å². The van der Waals surface area contributed by atoms with Crippen LogP contribution >= 0.6 is 0 Å². The summed E-state index contributed by atoms with van der Waals surface area (Å²) in [7, 11) is 0. The summed E-state index contributed by atoms with van der Waals surface area (Å²) in [6.45, 7) is 0. The third kappa shape index (κ3) is 2.42. The van der Waals surface area contributed by atoms with Crippen LogP contribution in [0.1, 0.15) is 12.8 Å². The monoisotopic (exact) mass is 311 g/mol. The van der Waals surface area contributed by atoms with Crippen molar-refractivity contribution in [3.8, 4) is 0 Å². The number of carbonyl (C=O) groups is 5. The molecule has 103 valence electrons. The third-order valence-electron chi connectivity index (χ3n) is 2.39. The molecule has 0 aromatic carbocycles. The molecule has 0 N–H and O–H groups in total. The van der Waals surface area contributed by atoms with Gasteiger partial charge in [-0.1, -0.05) is 0 Å². The molecule has 8 nitrogen and oxygen atoms in total. The Balaban J connectivity index is 2.05. The number of nitrogens with zero attached hydrogens (tertiary/aromatic N) is 2. The Morgan fingerprint density at radius 1 is 1.05 bits per heavy atom. The molecule has 2 heterocycles. The molecule has 0 spiro atoms. The number of amides is 5. The molecule has 0 aliphatic carbocycles. The summed E-state index contributed by atoms with van der Waals surface area (Å²) < 4.78 is 12.3. The van der Waals surface area contributed by atoms with E-state index >= 15 is 0 Å². The van der Waals surface area contributed by atoms with Gasteiger partial charge in [-0.25, -0.2) is 0 Å². The molecule has 2 aliphatic rings. The van der Waals surface area contributed by atoms with Crippen molar-refractivity contribution in [1.82, 2.24) is 8.85 Å². The maximum absolute atomic E-state index is 11.8. The van der Waals surface area contributed by atoms with Gasteiger partial charge in [0.15, 0.2) is 0 Å². The standard InChI is InChI=1S/C6H4NO3.C4H5NO2.Co.O/c1-4(8)7-5(9)2-3-6(7)10;6-3-1-2-4(7)5-3;;/h2-3H,1H2;1-2H2,(H,5,6,7);;/q;;+1;/p-1. The minimum absolute atomic E-state index is 0.0450. The van der Waals surface area contributed by atoms with Gasteiger partial charge < -0.3 is 0 Å². The first-order valence-electron chi connectivity index (χ1n) is 5.13. The van der Waals surface area contributed by atoms with Crippen molar-refractivity contribution in [1.29, 1.82) is 0 Å². The molecule has 9 heteroatoms. The van der Waals surface area contributed by atoms with Crippen molar-refractivity contribution in [3.05, 3.63) is 12.2 Å². The van der Waals surface area contributed by atoms with E-state index in [1.165, 1.54) is 0 Å². The van der Waals surface area contributed by atoms with Crippen molar-refractivity contribution in [2.75, 3.05) is 0 Å². The van der Waals surface area contributed by atoms with E-state index in [-0.39, 0.29) is 12.8 Å². The van der Waals surface area contributed by atoms with Gasteiger partial charge in [-0.3, -0.25) is 0 Å². The van der Waals surface area contributed by atoms with Crippen LogP contribution in [0.25, 0.3) is 0 Å². The quantitative estimate of drug-likeness (QED) is 0.611. The fourth-order valence-corrected chi connectivity index (χ4v) is 2.97. The number of carbonyl (C=O) groups excluding carboxylic acids is 5. The second-order valence-corrected chi connectivity index (χ2v) is 5.32. The molecule has 19 heavy (non-hydrogen) atoms. The summed E-state index contributed by atoms with van der Waals surface area (Å²) in [5.74, 6) is -3.87. The van der Waals surface area contributed by atoms with Crippen LogP contribution in [-0.2, 0) is 41.6 Å². The third-order valence-corrected chi connectivity index (χ3v) is 4.06. The molecule has 2 aliphatic heterocycles. The molecule has 2 rings (SSSR count). The van der Waals surface area contributed by atoms with Gasteiger partial charge in [-0.15, -0.1) is 0 Å². The van der Waals surface area contributed by atoms with Gasteiger partial charge in [-0.05, 0) is 0 Å². The Bertz CT molecular complexity index is 520. The van der Waals surface area contributed by atoms with Crippen molar-refractivity contribution < 1.29 is 41.6 Å². The van der Waals surface area contributed by atoms with Crippen molar-refractivity contribution >= 4 is 29.5 Å². The van der Waals surface area contributed by atoms with Crippen LogP contribution in [0, 0.1) is 0 Å². The molecule has 5 amide bonds. The molecule has 0 saturated carbocycles. The molecule has 0 aromatic rings. The predicted octanol–water partition coefficient (Wildman–Crippen LogP) is -1.12. The molecule has 1 saturated heterocycles. The van der Waals surface area contributed by atoms with Gasteiger partial charge >= 0.3 is 110 Å². The summed E-state index contributed by atoms with van der Waals surface area (Å²) in [6.07, 6.45) is 1.74. The predicted molar refractivity (Wildman–Crippen MR) is 52.6 cm³/mol. The second-order valence-electron chi connectivity index (χ2n) is 3.67. The Kier molecular flexibility index (Phi) is 3.49. The maximum atomic E-state index is 11.8. The fraction of sp³-hybridized carbons (Fsp3) is 0.300. The summed E-state index contributed by atoms with van der Waals surface area (Å²) in [6, 6.07) is 0. The van der Waals surface area contributed by atoms with E-state index in [0.29, 0.717) is 8.85 Å². The average molecular weight is 311 g/mol. The summed E-state index contributed by atoms with van der Waals surface area (Å²) in [4.78, 5) is 57.0. The van der Waals surface area contributed by atoms with Gasteiger partial charge in [0, 0.05) is 0 Å². The van der Waals surface area contributed by atoms with Gasteiger partial charge in [0.1, 0.15) is 0 Å². The first-order valence-corrected chi connectivity index (χ1v) is 6.76. The first-order chi connectivity index (χ1) is 8.91. The minimum atomic E-state index is -2.57. The number of hydrogen-bond acceptors (Lipinski definition) is 6. The van der Waals surface area contributed by atoms with E-state index < -0.39 is 48.7 Å². The molecule has 0 radical (unpaired) electrons. The van der Waals surface area contributed by atoms with E-state index in [4.69, 9.17) is 0 Å². The number of hydrogen-bond donors (Lipinski definition) is 0.